The highest BCUT2D eigenvalue weighted by molar-refractivity contribution is 7.80. The van der Waals surface area contributed by atoms with Crippen LogP contribution in [0, 0.1) is 0 Å². The third kappa shape index (κ3) is 4.77. The number of nitrogens with one attached hydrogen (secondary N) is 1. The van der Waals surface area contributed by atoms with E-state index in [2.05, 4.69) is 10.2 Å². The lowest BCUT2D eigenvalue weighted by molar-refractivity contribution is -0.116. The Kier molecular flexibility index (Phi) is 4.92. The lowest BCUT2D eigenvalue weighted by atomic mass is 10.1. The smallest absolute Gasteiger partial charge is 0.225 e. The molecule has 114 valence electrons. The number of benzene rings is 1. The number of thiocarbonyl (C=S) groups is 1. The van der Waals surface area contributed by atoms with E-state index in [0.29, 0.717) is 24.5 Å². The topological polar surface area (TPSA) is 78.6 Å². The van der Waals surface area contributed by atoms with Gasteiger partial charge in [0.15, 0.2) is 0 Å². The second-order valence-corrected chi connectivity index (χ2v) is 6.20. The first-order chi connectivity index (χ1) is 9.85. The van der Waals surface area contributed by atoms with Crippen LogP contribution in [0.3, 0.4) is 0 Å². The van der Waals surface area contributed by atoms with Crippen LogP contribution in [0.4, 0.5) is 5.69 Å². The minimum Gasteiger partial charge on any atom is -0.389 e. The van der Waals surface area contributed by atoms with Crippen LogP contribution in [0.5, 0.6) is 0 Å². The molecular weight excluding hydrogens is 286 g/mol. The minimum atomic E-state index is -0.618. The van der Waals surface area contributed by atoms with Crippen molar-refractivity contribution in [3.05, 3.63) is 29.8 Å². The fourth-order valence-corrected chi connectivity index (χ4v) is 2.57. The molecule has 0 radical (unpaired) electrons. The van der Waals surface area contributed by atoms with Gasteiger partial charge in [0.2, 0.25) is 5.91 Å². The zero-order chi connectivity index (χ0) is 15.5. The molecule has 1 aromatic carbocycles. The van der Waals surface area contributed by atoms with E-state index in [9.17, 15) is 9.90 Å². The first-order valence-corrected chi connectivity index (χ1v) is 7.41. The van der Waals surface area contributed by atoms with Crippen molar-refractivity contribution < 1.29 is 9.90 Å². The maximum Gasteiger partial charge on any atom is 0.225 e. The van der Waals surface area contributed by atoms with Crippen LogP contribution in [0.15, 0.2) is 24.3 Å². The second kappa shape index (κ2) is 6.51. The van der Waals surface area contributed by atoms with Gasteiger partial charge >= 0.3 is 0 Å². The maximum atomic E-state index is 11.9. The van der Waals surface area contributed by atoms with Gasteiger partial charge in [-0.2, -0.15) is 0 Å². The van der Waals surface area contributed by atoms with Crippen LogP contribution >= 0.6 is 12.2 Å². The van der Waals surface area contributed by atoms with Gasteiger partial charge in [-0.15, -0.1) is 0 Å². The molecule has 5 nitrogen and oxygen atoms in total. The average Bonchev–Trinajstić information content (AvgIpc) is 2.77. The van der Waals surface area contributed by atoms with Crippen molar-refractivity contribution in [3.63, 3.8) is 0 Å². The number of hydrogen-bond acceptors (Lipinski definition) is 4. The molecule has 1 aliphatic heterocycles. The molecular formula is C15H21N3O2S. The Morgan fingerprint density at radius 3 is 2.67 bits per heavy atom. The van der Waals surface area contributed by atoms with Gasteiger partial charge in [0.1, 0.15) is 4.99 Å². The second-order valence-electron chi connectivity index (χ2n) is 5.76. The van der Waals surface area contributed by atoms with Gasteiger partial charge in [-0.1, -0.05) is 12.2 Å². The zero-order valence-electron chi connectivity index (χ0n) is 12.1. The molecule has 1 fully saturated rings. The zero-order valence-corrected chi connectivity index (χ0v) is 12.9. The van der Waals surface area contributed by atoms with Crippen LogP contribution < -0.4 is 11.1 Å². The molecule has 21 heavy (non-hydrogen) atoms. The highest BCUT2D eigenvalue weighted by Gasteiger charge is 2.30. The van der Waals surface area contributed by atoms with E-state index in [1.165, 1.54) is 0 Å². The van der Waals surface area contributed by atoms with Crippen LogP contribution in [-0.4, -0.2) is 46.1 Å². The van der Waals surface area contributed by atoms with Gasteiger partial charge in [0.05, 0.1) is 5.60 Å². The SMILES string of the molecule is CC1(O)CCN(CCC(=O)Nc2ccc(C(N)=S)cc2)C1. The van der Waals surface area contributed by atoms with E-state index in [4.69, 9.17) is 18.0 Å². The lowest BCUT2D eigenvalue weighted by Crippen LogP contribution is -2.31. The Labute approximate surface area is 130 Å². The van der Waals surface area contributed by atoms with Crippen molar-refractivity contribution in [2.45, 2.75) is 25.4 Å². The number of amides is 1. The summed E-state index contributed by atoms with van der Waals surface area (Å²) in [7, 11) is 0. The Balaban J connectivity index is 1.78. The van der Waals surface area contributed by atoms with Crippen LogP contribution in [0.25, 0.3) is 0 Å². The first kappa shape index (κ1) is 15.9. The molecule has 1 atom stereocenters. The standard InChI is InChI=1S/C15H21N3O2S/c1-15(20)7-9-18(10-15)8-6-13(19)17-12-4-2-11(3-5-12)14(16)21/h2-5,20H,6-10H2,1H3,(H2,16,21)(H,17,19). The molecule has 1 saturated heterocycles. The summed E-state index contributed by atoms with van der Waals surface area (Å²) in [5.41, 5.74) is 6.41. The molecule has 6 heteroatoms. The van der Waals surface area contributed by atoms with Gasteiger partial charge in [0.25, 0.3) is 0 Å². The number of aliphatic hydroxyl groups is 1. The van der Waals surface area contributed by atoms with E-state index in [1.54, 1.807) is 24.3 Å². The molecule has 2 rings (SSSR count). The van der Waals surface area contributed by atoms with E-state index < -0.39 is 5.60 Å². The summed E-state index contributed by atoms with van der Waals surface area (Å²) in [4.78, 5) is 14.3. The number of carbonyl (C=O) groups excluding carboxylic acids is 1. The third-order valence-electron chi connectivity index (χ3n) is 3.64. The molecule has 1 amide bonds. The average molecular weight is 307 g/mol. The number of nitrogens with zero attached hydrogens (tertiary/aromatic N) is 1. The molecule has 0 saturated carbocycles. The van der Waals surface area contributed by atoms with Crippen molar-refractivity contribution in [2.75, 3.05) is 25.0 Å². The summed E-state index contributed by atoms with van der Waals surface area (Å²) in [6.45, 7) is 3.95. The summed E-state index contributed by atoms with van der Waals surface area (Å²) in [5, 5.41) is 12.7. The molecule has 1 heterocycles. The van der Waals surface area contributed by atoms with E-state index >= 15 is 0 Å². The number of rotatable bonds is 5. The highest BCUT2D eigenvalue weighted by atomic mass is 32.1. The van der Waals surface area contributed by atoms with Crippen LogP contribution in [0.2, 0.25) is 0 Å². The summed E-state index contributed by atoms with van der Waals surface area (Å²) < 4.78 is 0. The Morgan fingerprint density at radius 2 is 2.14 bits per heavy atom. The minimum absolute atomic E-state index is 0.0374. The first-order valence-electron chi connectivity index (χ1n) is 7.00. The largest absolute Gasteiger partial charge is 0.389 e. The van der Waals surface area contributed by atoms with Gasteiger partial charge < -0.3 is 16.2 Å². The Morgan fingerprint density at radius 1 is 1.48 bits per heavy atom. The summed E-state index contributed by atoms with van der Waals surface area (Å²) in [6, 6.07) is 7.14. The maximum absolute atomic E-state index is 11.9. The predicted octanol–water partition coefficient (Wildman–Crippen LogP) is 1.11. The number of β-amino-alcohol motifs (C(OH)–C–C–N with tert-alkyl or cyclic N) is 1. The summed E-state index contributed by atoms with van der Waals surface area (Å²) in [5.74, 6) is -0.0374. The van der Waals surface area contributed by atoms with Gasteiger partial charge in [0, 0.05) is 37.3 Å². The van der Waals surface area contributed by atoms with E-state index in [1.807, 2.05) is 6.92 Å². The number of likely N-dealkylation sites (tertiary alicyclic amines) is 1. The number of nitrogens with two attached hydrogens (primary N) is 1. The molecule has 1 unspecified atom stereocenters. The van der Waals surface area contributed by atoms with Crippen LogP contribution in [0.1, 0.15) is 25.3 Å². The molecule has 0 aromatic heterocycles. The number of hydrogen-bond donors (Lipinski definition) is 3. The molecule has 4 N–H and O–H groups in total. The molecule has 1 aliphatic rings. The van der Waals surface area contributed by atoms with E-state index in [-0.39, 0.29) is 5.91 Å². The van der Waals surface area contributed by atoms with Gasteiger partial charge in [-0.3, -0.25) is 9.69 Å². The highest BCUT2D eigenvalue weighted by Crippen LogP contribution is 2.20. The van der Waals surface area contributed by atoms with Crippen molar-refractivity contribution >= 4 is 28.8 Å². The monoisotopic (exact) mass is 307 g/mol. The Hall–Kier alpha value is -1.50. The van der Waals surface area contributed by atoms with Crippen molar-refractivity contribution in [3.8, 4) is 0 Å². The molecule has 0 spiro atoms. The fourth-order valence-electron chi connectivity index (χ4n) is 2.43. The summed E-state index contributed by atoms with van der Waals surface area (Å²) >= 11 is 4.88. The number of anilines is 1. The summed E-state index contributed by atoms with van der Waals surface area (Å²) in [6.07, 6.45) is 1.17. The number of carbonyl (C=O) groups is 1. The molecule has 0 aliphatic carbocycles. The predicted molar refractivity (Wildman–Crippen MR) is 87.3 cm³/mol. The quantitative estimate of drug-likeness (QED) is 0.710. The van der Waals surface area contributed by atoms with Gasteiger partial charge in [-0.25, -0.2) is 0 Å². The fraction of sp³-hybridized carbons (Fsp3) is 0.467. The van der Waals surface area contributed by atoms with Crippen LogP contribution in [-0.2, 0) is 4.79 Å². The molecule has 1 aromatic rings. The third-order valence-corrected chi connectivity index (χ3v) is 3.87. The normalized spacial score (nSPS) is 22.2. The molecule has 0 bridgehead atoms. The lowest BCUT2D eigenvalue weighted by Gasteiger charge is -2.18. The van der Waals surface area contributed by atoms with Gasteiger partial charge in [-0.05, 0) is 37.6 Å². The Bertz CT molecular complexity index is 528. The van der Waals surface area contributed by atoms with Crippen molar-refractivity contribution in [1.82, 2.24) is 4.90 Å². The van der Waals surface area contributed by atoms with Crippen molar-refractivity contribution in [2.24, 2.45) is 5.73 Å². The van der Waals surface area contributed by atoms with E-state index in [0.717, 1.165) is 24.2 Å². The van der Waals surface area contributed by atoms with Crippen molar-refractivity contribution in [1.29, 1.82) is 0 Å².